The number of hydrogen-bond donors (Lipinski definition) is 2. The normalized spacial score (nSPS) is 31.4. The van der Waals surface area contributed by atoms with Gasteiger partial charge in [0.05, 0.1) is 12.5 Å². The van der Waals surface area contributed by atoms with Crippen LogP contribution in [0, 0.1) is 5.92 Å². The van der Waals surface area contributed by atoms with Gasteiger partial charge in [0, 0.05) is 12.6 Å². The minimum atomic E-state index is -0.732. The lowest BCUT2D eigenvalue weighted by Gasteiger charge is -2.21. The monoisotopic (exact) mass is 291 g/mol. The van der Waals surface area contributed by atoms with E-state index in [0.717, 1.165) is 11.1 Å². The van der Waals surface area contributed by atoms with Gasteiger partial charge in [-0.2, -0.15) is 0 Å². The molecule has 3 rings (SSSR count). The molecule has 1 aromatic carbocycles. The molecule has 114 valence electrons. The third-order valence-corrected chi connectivity index (χ3v) is 4.21. The molecule has 2 N–H and O–H groups in total. The van der Waals surface area contributed by atoms with Gasteiger partial charge in [-0.15, -0.1) is 0 Å². The number of carbonyl (C=O) groups is 1. The fraction of sp³-hybridized carbons (Fsp3) is 0.562. The van der Waals surface area contributed by atoms with Crippen LogP contribution >= 0.6 is 0 Å². The Labute approximate surface area is 124 Å². The second-order valence-electron chi connectivity index (χ2n) is 6.18. The molecule has 0 bridgehead atoms. The number of aliphatic carboxylic acids is 1. The van der Waals surface area contributed by atoms with Gasteiger partial charge in [0.1, 0.15) is 6.10 Å². The fourth-order valence-electron chi connectivity index (χ4n) is 3.12. The summed E-state index contributed by atoms with van der Waals surface area (Å²) in [7, 11) is 0. The molecule has 5 heteroatoms. The van der Waals surface area contributed by atoms with Crippen LogP contribution in [0.25, 0.3) is 0 Å². The number of carboxylic acid groups (broad SMARTS) is 1. The van der Waals surface area contributed by atoms with Crippen molar-refractivity contribution in [1.82, 2.24) is 5.32 Å². The fourth-order valence-corrected chi connectivity index (χ4v) is 3.12. The molecule has 1 aromatic rings. The second kappa shape index (κ2) is 5.40. The summed E-state index contributed by atoms with van der Waals surface area (Å²) >= 11 is 0. The van der Waals surface area contributed by atoms with Crippen LogP contribution < -0.4 is 5.32 Å². The Bertz CT molecular complexity index is 543. The highest BCUT2D eigenvalue weighted by molar-refractivity contribution is 5.70. The van der Waals surface area contributed by atoms with E-state index in [1.54, 1.807) is 0 Å². The van der Waals surface area contributed by atoms with E-state index in [2.05, 4.69) is 5.32 Å². The molecule has 21 heavy (non-hydrogen) atoms. The zero-order valence-corrected chi connectivity index (χ0v) is 12.3. The maximum Gasteiger partial charge on any atom is 0.307 e. The quantitative estimate of drug-likeness (QED) is 0.894. The lowest BCUT2D eigenvalue weighted by atomic mass is 9.93. The highest BCUT2D eigenvalue weighted by Crippen LogP contribution is 2.38. The smallest absolute Gasteiger partial charge is 0.307 e. The minimum absolute atomic E-state index is 0.0645. The van der Waals surface area contributed by atoms with Gasteiger partial charge >= 0.3 is 5.97 Å². The van der Waals surface area contributed by atoms with E-state index in [4.69, 9.17) is 14.6 Å². The standard InChI is InChI=1S/C16H21NO4/c1-16(2)20-9-14(21-16)12-6-4-3-5-11(12)13-7-10(8-17-13)15(18)19/h3-6,10,13-14,17H,7-9H2,1-2H3,(H,18,19). The first kappa shape index (κ1) is 14.5. The maximum atomic E-state index is 11.1. The number of rotatable bonds is 3. The molecule has 0 saturated carbocycles. The first-order valence-corrected chi connectivity index (χ1v) is 7.33. The van der Waals surface area contributed by atoms with Crippen LogP contribution in [-0.4, -0.2) is 30.0 Å². The Morgan fingerprint density at radius 1 is 1.33 bits per heavy atom. The summed E-state index contributed by atoms with van der Waals surface area (Å²) in [4.78, 5) is 11.1. The second-order valence-corrected chi connectivity index (χ2v) is 6.18. The molecule has 0 aromatic heterocycles. The summed E-state index contributed by atoms with van der Waals surface area (Å²) in [5, 5.41) is 12.5. The van der Waals surface area contributed by atoms with Crippen LogP contribution in [0.1, 0.15) is 43.5 Å². The van der Waals surface area contributed by atoms with E-state index in [1.807, 2.05) is 38.1 Å². The van der Waals surface area contributed by atoms with E-state index in [-0.39, 0.29) is 18.1 Å². The first-order valence-electron chi connectivity index (χ1n) is 7.33. The van der Waals surface area contributed by atoms with Gasteiger partial charge in [-0.1, -0.05) is 24.3 Å². The van der Waals surface area contributed by atoms with Crippen molar-refractivity contribution in [1.29, 1.82) is 0 Å². The molecule has 2 aliphatic heterocycles. The van der Waals surface area contributed by atoms with Crippen LogP contribution in [0.2, 0.25) is 0 Å². The van der Waals surface area contributed by atoms with Crippen molar-refractivity contribution in [3.63, 3.8) is 0 Å². The Kier molecular flexibility index (Phi) is 3.73. The van der Waals surface area contributed by atoms with Crippen molar-refractivity contribution in [2.24, 2.45) is 5.92 Å². The van der Waals surface area contributed by atoms with Crippen molar-refractivity contribution in [2.75, 3.05) is 13.2 Å². The van der Waals surface area contributed by atoms with Crippen LogP contribution in [0.4, 0.5) is 0 Å². The lowest BCUT2D eigenvalue weighted by molar-refractivity contribution is -0.141. The molecule has 0 spiro atoms. The molecule has 5 nitrogen and oxygen atoms in total. The van der Waals surface area contributed by atoms with Gasteiger partial charge in [-0.05, 0) is 31.4 Å². The molecule has 0 radical (unpaired) electrons. The maximum absolute atomic E-state index is 11.1. The van der Waals surface area contributed by atoms with Crippen molar-refractivity contribution in [3.05, 3.63) is 35.4 Å². The number of benzene rings is 1. The van der Waals surface area contributed by atoms with Gasteiger partial charge in [0.15, 0.2) is 5.79 Å². The zero-order valence-electron chi connectivity index (χ0n) is 12.3. The summed E-state index contributed by atoms with van der Waals surface area (Å²) in [6, 6.07) is 8.12. The van der Waals surface area contributed by atoms with Crippen LogP contribution in [0.15, 0.2) is 24.3 Å². The molecule has 2 aliphatic rings. The number of carboxylic acids is 1. The van der Waals surface area contributed by atoms with Crippen LogP contribution in [0.3, 0.4) is 0 Å². The average Bonchev–Trinajstić information content (AvgIpc) is 3.05. The third kappa shape index (κ3) is 2.95. The van der Waals surface area contributed by atoms with Crippen LogP contribution in [-0.2, 0) is 14.3 Å². The van der Waals surface area contributed by atoms with E-state index in [1.165, 1.54) is 0 Å². The molecule has 3 atom stereocenters. The summed E-state index contributed by atoms with van der Waals surface area (Å²) in [5.74, 6) is -1.62. The third-order valence-electron chi connectivity index (χ3n) is 4.21. The minimum Gasteiger partial charge on any atom is -0.481 e. The van der Waals surface area contributed by atoms with Crippen molar-refractivity contribution < 1.29 is 19.4 Å². The van der Waals surface area contributed by atoms with E-state index in [9.17, 15) is 4.79 Å². The van der Waals surface area contributed by atoms with Crippen molar-refractivity contribution in [3.8, 4) is 0 Å². The highest BCUT2D eigenvalue weighted by Gasteiger charge is 2.37. The van der Waals surface area contributed by atoms with Gasteiger partial charge in [-0.3, -0.25) is 4.79 Å². The SMILES string of the molecule is CC1(C)OCC(c2ccccc2C2CC(C(=O)O)CN2)O1. The van der Waals surface area contributed by atoms with Gasteiger partial charge in [-0.25, -0.2) is 0 Å². The summed E-state index contributed by atoms with van der Waals surface area (Å²) in [6.07, 6.45) is 0.519. The Morgan fingerprint density at radius 3 is 2.62 bits per heavy atom. The Balaban J connectivity index is 1.82. The van der Waals surface area contributed by atoms with E-state index < -0.39 is 11.8 Å². The summed E-state index contributed by atoms with van der Waals surface area (Å²) < 4.78 is 11.6. The predicted molar refractivity (Wildman–Crippen MR) is 76.8 cm³/mol. The molecule has 3 unspecified atom stereocenters. The van der Waals surface area contributed by atoms with Gasteiger partial charge in [0.25, 0.3) is 0 Å². The van der Waals surface area contributed by atoms with Gasteiger partial charge < -0.3 is 19.9 Å². The molecule has 0 amide bonds. The largest absolute Gasteiger partial charge is 0.481 e. The molecule has 2 saturated heterocycles. The Morgan fingerprint density at radius 2 is 2.05 bits per heavy atom. The first-order chi connectivity index (χ1) is 9.96. The molecular formula is C16H21NO4. The van der Waals surface area contributed by atoms with Crippen molar-refractivity contribution >= 4 is 5.97 Å². The molecule has 2 heterocycles. The molecule has 2 fully saturated rings. The zero-order chi connectivity index (χ0) is 15.0. The van der Waals surface area contributed by atoms with Gasteiger partial charge in [0.2, 0.25) is 0 Å². The lowest BCUT2D eigenvalue weighted by Crippen LogP contribution is -2.20. The van der Waals surface area contributed by atoms with Crippen molar-refractivity contribution in [2.45, 2.75) is 38.2 Å². The van der Waals surface area contributed by atoms with E-state index >= 15 is 0 Å². The molecular weight excluding hydrogens is 270 g/mol. The van der Waals surface area contributed by atoms with E-state index in [0.29, 0.717) is 19.6 Å². The Hall–Kier alpha value is -1.43. The highest BCUT2D eigenvalue weighted by atomic mass is 16.7. The number of ether oxygens (including phenoxy) is 2. The average molecular weight is 291 g/mol. The summed E-state index contributed by atoms with van der Waals surface area (Å²) in [5.41, 5.74) is 2.21. The van der Waals surface area contributed by atoms with Crippen LogP contribution in [0.5, 0.6) is 0 Å². The number of nitrogens with one attached hydrogen (secondary N) is 1. The predicted octanol–water partition coefficient (Wildman–Crippen LogP) is 2.25. The summed E-state index contributed by atoms with van der Waals surface area (Å²) in [6.45, 7) is 4.86. The number of hydrogen-bond acceptors (Lipinski definition) is 4. The topological polar surface area (TPSA) is 67.8 Å². The molecule has 0 aliphatic carbocycles.